The first-order chi connectivity index (χ1) is 8.08. The minimum Gasteiger partial charge on any atom is -0.399 e. The van der Waals surface area contributed by atoms with Crippen molar-refractivity contribution in [2.45, 2.75) is 25.8 Å². The lowest BCUT2D eigenvalue weighted by Gasteiger charge is -2.42. The molecule has 17 heavy (non-hydrogen) atoms. The summed E-state index contributed by atoms with van der Waals surface area (Å²) >= 11 is 0. The van der Waals surface area contributed by atoms with Gasteiger partial charge >= 0.3 is 0 Å². The fourth-order valence-corrected chi connectivity index (χ4v) is 2.32. The minimum atomic E-state index is 0.151. The Kier molecular flexibility index (Phi) is 3.69. The molecular formula is C14H22N2O. The lowest BCUT2D eigenvalue weighted by atomic mass is 10.0. The first-order valence-corrected chi connectivity index (χ1v) is 6.25. The molecule has 3 heteroatoms. The van der Waals surface area contributed by atoms with Gasteiger partial charge in [0.15, 0.2) is 0 Å². The molecule has 1 aromatic rings. The third kappa shape index (κ3) is 3.20. The number of nitrogens with zero attached hydrogens (tertiary/aromatic N) is 1. The Morgan fingerprint density at radius 1 is 1.41 bits per heavy atom. The van der Waals surface area contributed by atoms with Crippen molar-refractivity contribution >= 4 is 5.69 Å². The average molecular weight is 234 g/mol. The summed E-state index contributed by atoms with van der Waals surface area (Å²) in [5.41, 5.74) is 8.10. The van der Waals surface area contributed by atoms with E-state index in [0.717, 1.165) is 38.4 Å². The molecule has 1 aromatic carbocycles. The Hall–Kier alpha value is -1.06. The van der Waals surface area contributed by atoms with E-state index in [4.69, 9.17) is 10.5 Å². The molecule has 94 valence electrons. The van der Waals surface area contributed by atoms with Crippen LogP contribution in [0.25, 0.3) is 0 Å². The highest BCUT2D eigenvalue weighted by Gasteiger charge is 2.29. The van der Waals surface area contributed by atoms with Crippen molar-refractivity contribution in [2.24, 2.45) is 0 Å². The molecule has 0 atom stereocenters. The predicted molar refractivity (Wildman–Crippen MR) is 71.0 cm³/mol. The summed E-state index contributed by atoms with van der Waals surface area (Å²) < 4.78 is 5.52. The molecule has 0 aromatic heterocycles. The van der Waals surface area contributed by atoms with Crippen LogP contribution in [-0.4, -0.2) is 36.7 Å². The summed E-state index contributed by atoms with van der Waals surface area (Å²) in [4.78, 5) is 2.50. The van der Waals surface area contributed by atoms with Crippen molar-refractivity contribution in [1.82, 2.24) is 4.90 Å². The van der Waals surface area contributed by atoms with Gasteiger partial charge in [0.1, 0.15) is 0 Å². The Bertz CT molecular complexity index is 376. The predicted octanol–water partition coefficient (Wildman–Crippen LogP) is 1.92. The summed E-state index contributed by atoms with van der Waals surface area (Å²) in [6.07, 6.45) is 1.05. The van der Waals surface area contributed by atoms with Gasteiger partial charge in [-0.15, -0.1) is 0 Å². The molecule has 0 bridgehead atoms. The van der Waals surface area contributed by atoms with Crippen LogP contribution in [0.15, 0.2) is 24.3 Å². The van der Waals surface area contributed by atoms with Crippen molar-refractivity contribution < 1.29 is 4.74 Å². The molecule has 1 aliphatic rings. The molecule has 2 N–H and O–H groups in total. The van der Waals surface area contributed by atoms with Crippen LogP contribution in [0.4, 0.5) is 5.69 Å². The van der Waals surface area contributed by atoms with Gasteiger partial charge in [-0.3, -0.25) is 4.90 Å². The van der Waals surface area contributed by atoms with Crippen molar-refractivity contribution in [2.75, 3.05) is 32.0 Å². The molecule has 1 saturated heterocycles. The number of morpholine rings is 1. The van der Waals surface area contributed by atoms with E-state index < -0.39 is 0 Å². The van der Waals surface area contributed by atoms with Gasteiger partial charge in [-0.25, -0.2) is 0 Å². The van der Waals surface area contributed by atoms with Crippen LogP contribution in [0.1, 0.15) is 19.4 Å². The molecule has 1 heterocycles. The normalized spacial score (nSPS) is 20.4. The summed E-state index contributed by atoms with van der Waals surface area (Å²) in [7, 11) is 0. The van der Waals surface area contributed by atoms with E-state index in [-0.39, 0.29) is 5.54 Å². The lowest BCUT2D eigenvalue weighted by Crippen LogP contribution is -2.53. The standard InChI is InChI=1S/C14H22N2O/c1-14(2)11-17-9-8-16(14)7-6-12-4-3-5-13(15)10-12/h3-5,10H,6-9,11,15H2,1-2H3. The van der Waals surface area contributed by atoms with Crippen molar-refractivity contribution in [1.29, 1.82) is 0 Å². The van der Waals surface area contributed by atoms with Gasteiger partial charge in [0.2, 0.25) is 0 Å². The van der Waals surface area contributed by atoms with Crippen LogP contribution in [0, 0.1) is 0 Å². The van der Waals surface area contributed by atoms with E-state index in [1.54, 1.807) is 0 Å². The number of hydrogen-bond donors (Lipinski definition) is 1. The maximum absolute atomic E-state index is 5.79. The van der Waals surface area contributed by atoms with Crippen molar-refractivity contribution in [3.8, 4) is 0 Å². The third-order valence-corrected chi connectivity index (χ3v) is 3.44. The fraction of sp³-hybridized carbons (Fsp3) is 0.571. The van der Waals surface area contributed by atoms with Crippen molar-refractivity contribution in [3.05, 3.63) is 29.8 Å². The van der Waals surface area contributed by atoms with E-state index in [2.05, 4.69) is 30.9 Å². The zero-order valence-corrected chi connectivity index (χ0v) is 10.8. The van der Waals surface area contributed by atoms with Crippen LogP contribution < -0.4 is 5.73 Å². The van der Waals surface area contributed by atoms with Crippen LogP contribution in [-0.2, 0) is 11.2 Å². The number of ether oxygens (including phenoxy) is 1. The zero-order chi connectivity index (χ0) is 12.3. The van der Waals surface area contributed by atoms with Crippen LogP contribution in [0.2, 0.25) is 0 Å². The highest BCUT2D eigenvalue weighted by atomic mass is 16.5. The van der Waals surface area contributed by atoms with Crippen molar-refractivity contribution in [3.63, 3.8) is 0 Å². The molecule has 0 aliphatic carbocycles. The molecule has 0 unspecified atom stereocenters. The number of anilines is 1. The summed E-state index contributed by atoms with van der Waals surface area (Å²) in [6, 6.07) is 8.16. The number of hydrogen-bond acceptors (Lipinski definition) is 3. The summed E-state index contributed by atoms with van der Waals surface area (Å²) in [5, 5.41) is 0. The molecular weight excluding hydrogens is 212 g/mol. The minimum absolute atomic E-state index is 0.151. The van der Waals surface area contributed by atoms with E-state index in [1.807, 2.05) is 12.1 Å². The average Bonchev–Trinajstić information content (AvgIpc) is 2.27. The first kappa shape index (κ1) is 12.4. The Morgan fingerprint density at radius 3 is 2.94 bits per heavy atom. The third-order valence-electron chi connectivity index (χ3n) is 3.44. The van der Waals surface area contributed by atoms with Gasteiger partial charge in [0.05, 0.1) is 13.2 Å². The number of rotatable bonds is 3. The second kappa shape index (κ2) is 5.07. The van der Waals surface area contributed by atoms with Gasteiger partial charge in [-0.05, 0) is 38.0 Å². The lowest BCUT2D eigenvalue weighted by molar-refractivity contribution is -0.0501. The largest absolute Gasteiger partial charge is 0.399 e. The van der Waals surface area contributed by atoms with Gasteiger partial charge in [-0.2, -0.15) is 0 Å². The second-order valence-corrected chi connectivity index (χ2v) is 5.35. The topological polar surface area (TPSA) is 38.5 Å². The summed E-state index contributed by atoms with van der Waals surface area (Å²) in [5.74, 6) is 0. The molecule has 0 saturated carbocycles. The highest BCUT2D eigenvalue weighted by Crippen LogP contribution is 2.19. The monoisotopic (exact) mass is 234 g/mol. The van der Waals surface area contributed by atoms with Gasteiger partial charge in [0, 0.05) is 24.3 Å². The number of benzene rings is 1. The van der Waals surface area contributed by atoms with E-state index >= 15 is 0 Å². The SMILES string of the molecule is CC1(C)COCCN1CCc1cccc(N)c1. The van der Waals surface area contributed by atoms with E-state index in [0.29, 0.717) is 0 Å². The van der Waals surface area contributed by atoms with E-state index in [1.165, 1.54) is 5.56 Å². The molecule has 1 aliphatic heterocycles. The Labute approximate surface area is 104 Å². The Balaban J connectivity index is 1.93. The zero-order valence-electron chi connectivity index (χ0n) is 10.8. The highest BCUT2D eigenvalue weighted by molar-refractivity contribution is 5.40. The smallest absolute Gasteiger partial charge is 0.0645 e. The van der Waals surface area contributed by atoms with Crippen LogP contribution >= 0.6 is 0 Å². The van der Waals surface area contributed by atoms with Gasteiger partial charge in [0.25, 0.3) is 0 Å². The molecule has 0 radical (unpaired) electrons. The molecule has 0 amide bonds. The van der Waals surface area contributed by atoms with Gasteiger partial charge in [-0.1, -0.05) is 12.1 Å². The first-order valence-electron chi connectivity index (χ1n) is 6.25. The quantitative estimate of drug-likeness (QED) is 0.812. The Morgan fingerprint density at radius 2 is 2.24 bits per heavy atom. The molecule has 1 fully saturated rings. The fourth-order valence-electron chi connectivity index (χ4n) is 2.32. The summed E-state index contributed by atoms with van der Waals surface area (Å²) in [6.45, 7) is 8.25. The number of nitrogens with two attached hydrogens (primary N) is 1. The molecule has 3 nitrogen and oxygen atoms in total. The molecule has 2 rings (SSSR count). The maximum Gasteiger partial charge on any atom is 0.0645 e. The van der Waals surface area contributed by atoms with Crippen LogP contribution in [0.5, 0.6) is 0 Å². The second-order valence-electron chi connectivity index (χ2n) is 5.35. The number of nitrogen functional groups attached to an aromatic ring is 1. The van der Waals surface area contributed by atoms with E-state index in [9.17, 15) is 0 Å². The maximum atomic E-state index is 5.79. The molecule has 0 spiro atoms. The van der Waals surface area contributed by atoms with Gasteiger partial charge < -0.3 is 10.5 Å². The van der Waals surface area contributed by atoms with Crippen LogP contribution in [0.3, 0.4) is 0 Å².